The van der Waals surface area contributed by atoms with Gasteiger partial charge in [0.25, 0.3) is 0 Å². The minimum absolute atomic E-state index is 0.168. The van der Waals surface area contributed by atoms with Crippen molar-refractivity contribution in [3.63, 3.8) is 0 Å². The maximum Gasteiger partial charge on any atom is 0.336 e. The van der Waals surface area contributed by atoms with Gasteiger partial charge < -0.3 is 15.2 Å². The monoisotopic (exact) mass is 329 g/mol. The Morgan fingerprint density at radius 1 is 1.22 bits per heavy atom. The number of thiocarbonyl (C=S) groups is 1. The van der Waals surface area contributed by atoms with Crippen LogP contribution in [-0.2, 0) is 0 Å². The summed E-state index contributed by atoms with van der Waals surface area (Å²) in [5.41, 5.74) is 3.99. The lowest BCUT2D eigenvalue weighted by Crippen LogP contribution is -2.24. The molecule has 7 heteroatoms. The molecule has 0 heterocycles. The highest BCUT2D eigenvalue weighted by molar-refractivity contribution is 7.80. The number of carboxylic acids is 1. The Bertz CT molecular complexity index is 747. The summed E-state index contributed by atoms with van der Waals surface area (Å²) in [6, 6.07) is 13.9. The SMILES string of the molecule is COc1ccccc1NC(=S)N/N=C/c1ccccc1C(=O)O. The summed E-state index contributed by atoms with van der Waals surface area (Å²) in [5, 5.41) is 16.3. The Labute approximate surface area is 138 Å². The molecule has 2 rings (SSSR count). The molecule has 0 aliphatic rings. The van der Waals surface area contributed by atoms with Crippen LogP contribution in [0.4, 0.5) is 5.69 Å². The number of para-hydroxylation sites is 2. The number of nitrogens with zero attached hydrogens (tertiary/aromatic N) is 1. The third-order valence-electron chi connectivity index (χ3n) is 2.92. The molecule has 0 atom stereocenters. The molecule has 0 fully saturated rings. The molecule has 2 aromatic rings. The van der Waals surface area contributed by atoms with Crippen LogP contribution in [0.2, 0.25) is 0 Å². The standard InChI is InChI=1S/C16H15N3O3S/c1-22-14-9-5-4-8-13(14)18-16(23)19-17-10-11-6-2-3-7-12(11)15(20)21/h2-10H,1H3,(H,20,21)(H2,18,19,23)/b17-10+. The van der Waals surface area contributed by atoms with E-state index in [2.05, 4.69) is 15.8 Å². The van der Waals surface area contributed by atoms with Crippen molar-refractivity contribution in [1.82, 2.24) is 5.43 Å². The number of anilines is 1. The van der Waals surface area contributed by atoms with E-state index in [0.717, 1.165) is 0 Å². The smallest absolute Gasteiger partial charge is 0.336 e. The number of benzene rings is 2. The number of rotatable bonds is 5. The van der Waals surface area contributed by atoms with Gasteiger partial charge in [0, 0.05) is 5.56 Å². The Morgan fingerprint density at radius 3 is 2.65 bits per heavy atom. The third kappa shape index (κ3) is 4.52. The average molecular weight is 329 g/mol. The summed E-state index contributed by atoms with van der Waals surface area (Å²) in [4.78, 5) is 11.1. The second-order valence-corrected chi connectivity index (χ2v) is 4.83. The predicted molar refractivity (Wildman–Crippen MR) is 93.3 cm³/mol. The van der Waals surface area contributed by atoms with Gasteiger partial charge in [0.2, 0.25) is 0 Å². The zero-order valence-corrected chi connectivity index (χ0v) is 13.1. The lowest BCUT2D eigenvalue weighted by Gasteiger charge is -2.10. The van der Waals surface area contributed by atoms with E-state index in [1.54, 1.807) is 31.4 Å². The first-order valence-corrected chi connectivity index (χ1v) is 7.08. The second kappa shape index (κ2) is 7.90. The molecule has 2 aromatic carbocycles. The lowest BCUT2D eigenvalue weighted by atomic mass is 10.1. The van der Waals surface area contributed by atoms with Gasteiger partial charge in [0.05, 0.1) is 24.6 Å². The number of carboxylic acid groups (broad SMARTS) is 1. The second-order valence-electron chi connectivity index (χ2n) is 4.42. The molecule has 0 saturated heterocycles. The van der Waals surface area contributed by atoms with Crippen LogP contribution in [0.25, 0.3) is 0 Å². The van der Waals surface area contributed by atoms with Gasteiger partial charge in [-0.25, -0.2) is 4.79 Å². The van der Waals surface area contributed by atoms with Crippen LogP contribution in [0.15, 0.2) is 53.6 Å². The van der Waals surface area contributed by atoms with Crippen LogP contribution >= 0.6 is 12.2 Å². The highest BCUT2D eigenvalue weighted by Crippen LogP contribution is 2.22. The number of ether oxygens (including phenoxy) is 1. The molecular weight excluding hydrogens is 314 g/mol. The first kappa shape index (κ1) is 16.4. The van der Waals surface area contributed by atoms with Crippen LogP contribution in [-0.4, -0.2) is 29.5 Å². The van der Waals surface area contributed by atoms with Crippen molar-refractivity contribution in [1.29, 1.82) is 0 Å². The van der Waals surface area contributed by atoms with Gasteiger partial charge in [-0.1, -0.05) is 30.3 Å². The average Bonchev–Trinajstić information content (AvgIpc) is 2.55. The summed E-state index contributed by atoms with van der Waals surface area (Å²) in [7, 11) is 1.57. The lowest BCUT2D eigenvalue weighted by molar-refractivity contribution is 0.0697. The topological polar surface area (TPSA) is 83.0 Å². The number of methoxy groups -OCH3 is 1. The molecule has 23 heavy (non-hydrogen) atoms. The minimum Gasteiger partial charge on any atom is -0.495 e. The van der Waals surface area contributed by atoms with Gasteiger partial charge >= 0.3 is 5.97 Å². The fraction of sp³-hybridized carbons (Fsp3) is 0.0625. The molecule has 0 aliphatic heterocycles. The summed E-state index contributed by atoms with van der Waals surface area (Å²) < 4.78 is 5.21. The van der Waals surface area contributed by atoms with E-state index >= 15 is 0 Å². The summed E-state index contributed by atoms with van der Waals surface area (Å²) in [6.45, 7) is 0. The van der Waals surface area contributed by atoms with Crippen molar-refractivity contribution < 1.29 is 14.6 Å². The summed E-state index contributed by atoms with van der Waals surface area (Å²) >= 11 is 5.14. The van der Waals surface area contributed by atoms with Gasteiger partial charge in [0.1, 0.15) is 5.75 Å². The first-order valence-electron chi connectivity index (χ1n) is 6.67. The number of hydrazone groups is 1. The highest BCUT2D eigenvalue weighted by atomic mass is 32.1. The van der Waals surface area contributed by atoms with Crippen LogP contribution < -0.4 is 15.5 Å². The van der Waals surface area contributed by atoms with Crippen molar-refractivity contribution in [3.05, 3.63) is 59.7 Å². The van der Waals surface area contributed by atoms with Crippen molar-refractivity contribution in [2.45, 2.75) is 0 Å². The Kier molecular flexibility index (Phi) is 5.65. The molecule has 0 amide bonds. The molecule has 0 aliphatic carbocycles. The molecule has 0 radical (unpaired) electrons. The van der Waals surface area contributed by atoms with E-state index in [9.17, 15) is 4.79 Å². The molecule has 6 nitrogen and oxygen atoms in total. The largest absolute Gasteiger partial charge is 0.495 e. The van der Waals surface area contributed by atoms with E-state index in [-0.39, 0.29) is 10.7 Å². The third-order valence-corrected chi connectivity index (χ3v) is 3.11. The maximum atomic E-state index is 11.1. The van der Waals surface area contributed by atoms with Gasteiger partial charge in [-0.15, -0.1) is 0 Å². The van der Waals surface area contributed by atoms with Gasteiger partial charge in [0.15, 0.2) is 5.11 Å². The maximum absolute atomic E-state index is 11.1. The fourth-order valence-corrected chi connectivity index (χ4v) is 2.03. The van der Waals surface area contributed by atoms with E-state index in [4.69, 9.17) is 22.1 Å². The first-order chi connectivity index (χ1) is 11.1. The van der Waals surface area contributed by atoms with Gasteiger partial charge in [-0.2, -0.15) is 5.10 Å². The zero-order valence-electron chi connectivity index (χ0n) is 12.3. The molecule has 0 bridgehead atoms. The fourth-order valence-electron chi connectivity index (χ4n) is 1.86. The number of aromatic carboxylic acids is 1. The molecule has 0 saturated carbocycles. The van der Waals surface area contributed by atoms with Crippen LogP contribution in [0.5, 0.6) is 5.75 Å². The Hall–Kier alpha value is -2.93. The van der Waals surface area contributed by atoms with Crippen LogP contribution in [0, 0.1) is 0 Å². The van der Waals surface area contributed by atoms with Crippen molar-refractivity contribution >= 4 is 35.2 Å². The van der Waals surface area contributed by atoms with E-state index in [0.29, 0.717) is 17.0 Å². The minimum atomic E-state index is -1.01. The van der Waals surface area contributed by atoms with Crippen molar-refractivity contribution in [3.8, 4) is 5.75 Å². The molecule has 0 unspecified atom stereocenters. The predicted octanol–water partition coefficient (Wildman–Crippen LogP) is 2.71. The quantitative estimate of drug-likeness (QED) is 0.444. The zero-order chi connectivity index (χ0) is 16.7. The van der Waals surface area contributed by atoms with E-state index in [1.807, 2.05) is 18.2 Å². The van der Waals surface area contributed by atoms with E-state index in [1.165, 1.54) is 12.3 Å². The molecular formula is C16H15N3O3S. The van der Waals surface area contributed by atoms with E-state index < -0.39 is 5.97 Å². The molecule has 0 aromatic heterocycles. The van der Waals surface area contributed by atoms with Crippen molar-refractivity contribution in [2.75, 3.05) is 12.4 Å². The highest BCUT2D eigenvalue weighted by Gasteiger charge is 2.07. The normalized spacial score (nSPS) is 10.3. The summed E-state index contributed by atoms with van der Waals surface area (Å²) in [6.07, 6.45) is 1.40. The molecule has 3 N–H and O–H groups in total. The molecule has 0 spiro atoms. The number of carbonyl (C=O) groups is 1. The van der Waals surface area contributed by atoms with Gasteiger partial charge in [-0.3, -0.25) is 5.43 Å². The Balaban J connectivity index is 2.01. The number of nitrogens with one attached hydrogen (secondary N) is 2. The van der Waals surface area contributed by atoms with Crippen LogP contribution in [0.3, 0.4) is 0 Å². The summed E-state index contributed by atoms with van der Waals surface area (Å²) in [5.74, 6) is -0.362. The van der Waals surface area contributed by atoms with Gasteiger partial charge in [-0.05, 0) is 30.4 Å². The number of hydrogen-bond donors (Lipinski definition) is 3. The van der Waals surface area contributed by atoms with Crippen molar-refractivity contribution in [2.24, 2.45) is 5.10 Å². The molecule has 118 valence electrons. The number of hydrogen-bond acceptors (Lipinski definition) is 4. The Morgan fingerprint density at radius 2 is 1.91 bits per heavy atom. The van der Waals surface area contributed by atoms with Crippen LogP contribution in [0.1, 0.15) is 15.9 Å².